The Kier molecular flexibility index (Phi) is 4.16. The van der Waals surface area contributed by atoms with Crippen molar-refractivity contribution >= 4 is 26.5 Å². The van der Waals surface area contributed by atoms with Crippen LogP contribution in [0, 0.1) is 12.7 Å². The Morgan fingerprint density at radius 3 is 2.32 bits per heavy atom. The molecule has 118 valence electrons. The van der Waals surface area contributed by atoms with E-state index >= 15 is 0 Å². The zero-order valence-electron chi connectivity index (χ0n) is 12.1. The van der Waals surface area contributed by atoms with Gasteiger partial charge in [0, 0.05) is 37.3 Å². The van der Waals surface area contributed by atoms with Crippen molar-refractivity contribution in [1.29, 1.82) is 0 Å². The van der Waals surface area contributed by atoms with E-state index < -0.39 is 15.8 Å². The fraction of sp³-hybridized carbons (Fsp3) is 0.357. The number of hydrogen-bond donors (Lipinski definition) is 0. The average molecular weight is 341 g/mol. The first kappa shape index (κ1) is 15.4. The lowest BCUT2D eigenvalue weighted by atomic mass is 10.4. The number of nitrogens with zero attached hydrogens (tertiary/aromatic N) is 3. The minimum atomic E-state index is -3.56. The minimum absolute atomic E-state index is 0.132. The highest BCUT2D eigenvalue weighted by molar-refractivity contribution is 7.89. The summed E-state index contributed by atoms with van der Waals surface area (Å²) in [5.74, 6) is -0.442. The Morgan fingerprint density at radius 1 is 1.14 bits per heavy atom. The zero-order chi connectivity index (χ0) is 15.7. The van der Waals surface area contributed by atoms with Gasteiger partial charge in [-0.25, -0.2) is 17.8 Å². The summed E-state index contributed by atoms with van der Waals surface area (Å²) < 4.78 is 39.4. The van der Waals surface area contributed by atoms with E-state index in [0.717, 1.165) is 10.0 Å². The molecule has 0 atom stereocenters. The average Bonchev–Trinajstić information content (AvgIpc) is 2.94. The molecule has 2 heterocycles. The molecule has 0 aliphatic carbocycles. The fourth-order valence-electron chi connectivity index (χ4n) is 2.36. The van der Waals surface area contributed by atoms with Gasteiger partial charge in [0.2, 0.25) is 10.0 Å². The molecule has 5 nitrogen and oxygen atoms in total. The van der Waals surface area contributed by atoms with Gasteiger partial charge in [-0.2, -0.15) is 4.31 Å². The molecule has 1 aromatic heterocycles. The number of benzene rings is 1. The lowest BCUT2D eigenvalue weighted by Crippen LogP contribution is -2.48. The lowest BCUT2D eigenvalue weighted by Gasteiger charge is -2.33. The third-order valence-electron chi connectivity index (χ3n) is 3.57. The van der Waals surface area contributed by atoms with Crippen molar-refractivity contribution < 1.29 is 12.8 Å². The van der Waals surface area contributed by atoms with Crippen molar-refractivity contribution in [3.8, 4) is 0 Å². The van der Waals surface area contributed by atoms with Gasteiger partial charge in [-0.05, 0) is 31.2 Å². The lowest BCUT2D eigenvalue weighted by molar-refractivity contribution is 0.384. The standard InChI is InChI=1S/C14H16FN3O2S2/c1-11-10-16-14(21-11)17-6-8-18(9-7-17)22(19,20)13-4-2-12(15)3-5-13/h2-5,10H,6-9H2,1H3. The maximum Gasteiger partial charge on any atom is 0.243 e. The second kappa shape index (κ2) is 5.94. The Balaban J connectivity index is 1.71. The summed E-state index contributed by atoms with van der Waals surface area (Å²) in [6.45, 7) is 4.01. The van der Waals surface area contributed by atoms with Crippen molar-refractivity contribution in [3.05, 3.63) is 41.2 Å². The van der Waals surface area contributed by atoms with Crippen molar-refractivity contribution in [3.63, 3.8) is 0 Å². The number of sulfonamides is 1. The van der Waals surface area contributed by atoms with Gasteiger partial charge in [0.15, 0.2) is 5.13 Å². The molecule has 1 saturated heterocycles. The van der Waals surface area contributed by atoms with Crippen LogP contribution in [0.15, 0.2) is 35.4 Å². The predicted octanol–water partition coefficient (Wildman–Crippen LogP) is 2.10. The smallest absolute Gasteiger partial charge is 0.243 e. The molecule has 0 saturated carbocycles. The Bertz CT molecular complexity index is 751. The first-order valence-corrected chi connectivity index (χ1v) is 9.15. The van der Waals surface area contributed by atoms with Crippen molar-refractivity contribution in [2.45, 2.75) is 11.8 Å². The highest BCUT2D eigenvalue weighted by Crippen LogP contribution is 2.24. The van der Waals surface area contributed by atoms with E-state index in [0.29, 0.717) is 26.2 Å². The van der Waals surface area contributed by atoms with Crippen LogP contribution < -0.4 is 4.90 Å². The van der Waals surface area contributed by atoms with E-state index in [1.165, 1.54) is 28.6 Å². The number of aryl methyl sites for hydroxylation is 1. The van der Waals surface area contributed by atoms with E-state index in [-0.39, 0.29) is 4.90 Å². The second-order valence-corrected chi connectivity index (χ2v) is 8.25. The number of aromatic nitrogens is 1. The summed E-state index contributed by atoms with van der Waals surface area (Å²) in [5.41, 5.74) is 0. The van der Waals surface area contributed by atoms with Crippen LogP contribution in [0.4, 0.5) is 9.52 Å². The van der Waals surface area contributed by atoms with Crippen LogP contribution in [0.2, 0.25) is 0 Å². The molecule has 1 aromatic carbocycles. The third-order valence-corrected chi connectivity index (χ3v) is 6.46. The molecular formula is C14H16FN3O2S2. The number of halogens is 1. The largest absolute Gasteiger partial charge is 0.345 e. The van der Waals surface area contributed by atoms with Gasteiger partial charge in [-0.3, -0.25) is 0 Å². The number of thiazole rings is 1. The molecule has 0 amide bonds. The Labute approximate surface area is 133 Å². The van der Waals surface area contributed by atoms with Crippen LogP contribution in [0.25, 0.3) is 0 Å². The predicted molar refractivity (Wildman–Crippen MR) is 84.2 cm³/mol. The Morgan fingerprint density at radius 2 is 1.77 bits per heavy atom. The van der Waals surface area contributed by atoms with Crippen molar-refractivity contribution in [2.75, 3.05) is 31.1 Å². The number of anilines is 1. The van der Waals surface area contributed by atoms with Crippen molar-refractivity contribution in [1.82, 2.24) is 9.29 Å². The molecule has 1 aliphatic heterocycles. The fourth-order valence-corrected chi connectivity index (χ4v) is 4.60. The van der Waals surface area contributed by atoms with Gasteiger partial charge in [-0.15, -0.1) is 11.3 Å². The number of piperazine rings is 1. The normalized spacial score (nSPS) is 16.9. The molecule has 3 rings (SSSR count). The SMILES string of the molecule is Cc1cnc(N2CCN(S(=O)(=O)c3ccc(F)cc3)CC2)s1. The summed E-state index contributed by atoms with van der Waals surface area (Å²) in [6.07, 6.45) is 1.82. The first-order valence-electron chi connectivity index (χ1n) is 6.90. The van der Waals surface area contributed by atoms with Gasteiger partial charge in [0.25, 0.3) is 0 Å². The molecule has 2 aromatic rings. The van der Waals surface area contributed by atoms with Crippen LogP contribution in [0.1, 0.15) is 4.88 Å². The van der Waals surface area contributed by atoms with Crippen LogP contribution in [0.5, 0.6) is 0 Å². The third kappa shape index (κ3) is 2.99. The van der Waals surface area contributed by atoms with Gasteiger partial charge in [-0.1, -0.05) is 0 Å². The highest BCUT2D eigenvalue weighted by atomic mass is 32.2. The highest BCUT2D eigenvalue weighted by Gasteiger charge is 2.29. The topological polar surface area (TPSA) is 53.5 Å². The molecule has 1 aliphatic rings. The number of hydrogen-bond acceptors (Lipinski definition) is 5. The zero-order valence-corrected chi connectivity index (χ0v) is 13.7. The molecule has 0 unspecified atom stereocenters. The molecular weight excluding hydrogens is 325 g/mol. The summed E-state index contributed by atoms with van der Waals surface area (Å²) in [6, 6.07) is 4.95. The van der Waals surface area contributed by atoms with E-state index in [2.05, 4.69) is 9.88 Å². The first-order chi connectivity index (χ1) is 10.5. The van der Waals surface area contributed by atoms with Crippen LogP contribution in [-0.2, 0) is 10.0 Å². The number of rotatable bonds is 3. The van der Waals surface area contributed by atoms with Gasteiger partial charge in [0.05, 0.1) is 4.90 Å². The summed E-state index contributed by atoms with van der Waals surface area (Å²) in [7, 11) is -3.56. The van der Waals surface area contributed by atoms with Gasteiger partial charge < -0.3 is 4.90 Å². The molecule has 0 bridgehead atoms. The van der Waals surface area contributed by atoms with E-state index in [9.17, 15) is 12.8 Å². The summed E-state index contributed by atoms with van der Waals surface area (Å²) in [5, 5.41) is 0.927. The van der Waals surface area contributed by atoms with Gasteiger partial charge >= 0.3 is 0 Å². The molecule has 0 radical (unpaired) electrons. The molecule has 0 spiro atoms. The quantitative estimate of drug-likeness (QED) is 0.858. The van der Waals surface area contributed by atoms with Gasteiger partial charge in [0.1, 0.15) is 5.82 Å². The van der Waals surface area contributed by atoms with Crippen LogP contribution >= 0.6 is 11.3 Å². The molecule has 22 heavy (non-hydrogen) atoms. The van der Waals surface area contributed by atoms with E-state index in [1.807, 2.05) is 13.1 Å². The maximum absolute atomic E-state index is 12.9. The summed E-state index contributed by atoms with van der Waals surface area (Å²) in [4.78, 5) is 7.69. The Hall–Kier alpha value is -1.51. The molecule has 1 fully saturated rings. The van der Waals surface area contributed by atoms with Crippen LogP contribution in [-0.4, -0.2) is 43.9 Å². The minimum Gasteiger partial charge on any atom is -0.345 e. The maximum atomic E-state index is 12.9. The summed E-state index contributed by atoms with van der Waals surface area (Å²) >= 11 is 1.61. The second-order valence-electron chi connectivity index (χ2n) is 5.10. The van der Waals surface area contributed by atoms with E-state index in [1.54, 1.807) is 11.3 Å². The molecule has 8 heteroatoms. The van der Waals surface area contributed by atoms with Crippen LogP contribution in [0.3, 0.4) is 0 Å². The van der Waals surface area contributed by atoms with Crippen molar-refractivity contribution in [2.24, 2.45) is 0 Å². The monoisotopic (exact) mass is 341 g/mol. The molecule has 0 N–H and O–H groups in total. The van der Waals surface area contributed by atoms with E-state index in [4.69, 9.17) is 0 Å².